The average Bonchev–Trinajstić information content (AvgIpc) is 2.40. The van der Waals surface area contributed by atoms with E-state index in [1.807, 2.05) is 0 Å². The first kappa shape index (κ1) is 13.2. The maximum atomic E-state index is 13.4. The van der Waals surface area contributed by atoms with Crippen molar-refractivity contribution in [2.45, 2.75) is 0 Å². The van der Waals surface area contributed by atoms with Crippen LogP contribution in [0.5, 0.6) is 5.75 Å². The van der Waals surface area contributed by atoms with E-state index in [-0.39, 0.29) is 17.1 Å². The van der Waals surface area contributed by atoms with Gasteiger partial charge in [-0.05, 0) is 24.3 Å². The maximum absolute atomic E-state index is 13.4. The highest BCUT2D eigenvalue weighted by Gasteiger charge is 2.13. The number of hydrogen-bond donors (Lipinski definition) is 1. The van der Waals surface area contributed by atoms with E-state index in [1.165, 1.54) is 19.2 Å². The molecule has 0 bridgehead atoms. The van der Waals surface area contributed by atoms with Gasteiger partial charge in [0.25, 0.3) is 0 Å². The monoisotopic (exact) mass is 271 g/mol. The van der Waals surface area contributed by atoms with Crippen LogP contribution < -0.4 is 10.1 Å². The normalized spacial score (nSPS) is 10.4. The Bertz CT molecular complexity index is 616. The Hall–Kier alpha value is -2.24. The first-order chi connectivity index (χ1) is 9.02. The SMILES string of the molecule is COc1ccc(Nc2ccc(F)c(F)c2F)cc1F. The summed E-state index contributed by atoms with van der Waals surface area (Å²) < 4.78 is 57.3. The molecular formula is C13H9F4NO. The Balaban J connectivity index is 2.31. The lowest BCUT2D eigenvalue weighted by Crippen LogP contribution is -1.99. The molecule has 100 valence electrons. The van der Waals surface area contributed by atoms with E-state index in [0.717, 1.165) is 18.2 Å². The Kier molecular flexibility index (Phi) is 3.59. The van der Waals surface area contributed by atoms with Crippen LogP contribution in [0.1, 0.15) is 0 Å². The van der Waals surface area contributed by atoms with Crippen LogP contribution in [-0.4, -0.2) is 7.11 Å². The van der Waals surface area contributed by atoms with E-state index in [0.29, 0.717) is 0 Å². The molecule has 0 aromatic heterocycles. The summed E-state index contributed by atoms with van der Waals surface area (Å²) in [5, 5.41) is 2.46. The zero-order valence-corrected chi connectivity index (χ0v) is 9.81. The zero-order valence-electron chi connectivity index (χ0n) is 9.81. The molecule has 0 unspecified atom stereocenters. The summed E-state index contributed by atoms with van der Waals surface area (Å²) >= 11 is 0. The van der Waals surface area contributed by atoms with Gasteiger partial charge < -0.3 is 10.1 Å². The third kappa shape index (κ3) is 2.62. The highest BCUT2D eigenvalue weighted by molar-refractivity contribution is 5.61. The van der Waals surface area contributed by atoms with Crippen molar-refractivity contribution >= 4 is 11.4 Å². The number of ether oxygens (including phenoxy) is 1. The summed E-state index contributed by atoms with van der Waals surface area (Å²) in [6.45, 7) is 0. The van der Waals surface area contributed by atoms with Gasteiger partial charge in [0.15, 0.2) is 29.0 Å². The van der Waals surface area contributed by atoms with Gasteiger partial charge in [0, 0.05) is 11.8 Å². The average molecular weight is 271 g/mol. The Morgan fingerprint density at radius 3 is 2.26 bits per heavy atom. The van der Waals surface area contributed by atoms with Crippen LogP contribution in [0.3, 0.4) is 0 Å². The van der Waals surface area contributed by atoms with E-state index in [4.69, 9.17) is 4.74 Å². The van der Waals surface area contributed by atoms with Crippen molar-refractivity contribution in [3.8, 4) is 5.75 Å². The van der Waals surface area contributed by atoms with E-state index in [1.54, 1.807) is 0 Å². The molecule has 0 fully saturated rings. The molecule has 0 spiro atoms. The second kappa shape index (κ2) is 5.17. The molecule has 0 atom stereocenters. The molecule has 0 heterocycles. The minimum atomic E-state index is -1.58. The van der Waals surface area contributed by atoms with Crippen molar-refractivity contribution < 1.29 is 22.3 Å². The molecular weight excluding hydrogens is 262 g/mol. The van der Waals surface area contributed by atoms with E-state index in [9.17, 15) is 17.6 Å². The Morgan fingerprint density at radius 1 is 0.895 bits per heavy atom. The fourth-order valence-electron chi connectivity index (χ4n) is 1.52. The molecule has 0 aliphatic rings. The molecule has 19 heavy (non-hydrogen) atoms. The summed E-state index contributed by atoms with van der Waals surface area (Å²) in [6, 6.07) is 5.61. The standard InChI is InChI=1S/C13H9F4NO/c1-19-11-5-2-7(6-9(11)15)18-10-4-3-8(14)12(16)13(10)17/h2-6,18H,1H3. The van der Waals surface area contributed by atoms with Crippen molar-refractivity contribution in [3.63, 3.8) is 0 Å². The smallest absolute Gasteiger partial charge is 0.196 e. The molecule has 2 aromatic carbocycles. The Morgan fingerprint density at radius 2 is 1.63 bits per heavy atom. The third-order valence-electron chi connectivity index (χ3n) is 2.47. The van der Waals surface area contributed by atoms with Gasteiger partial charge in [-0.1, -0.05) is 0 Å². The quantitative estimate of drug-likeness (QED) is 0.673. The molecule has 2 rings (SSSR count). The number of anilines is 2. The largest absolute Gasteiger partial charge is 0.494 e. The van der Waals surface area contributed by atoms with E-state index < -0.39 is 23.3 Å². The number of halogens is 4. The first-order valence-electron chi connectivity index (χ1n) is 5.27. The first-order valence-corrected chi connectivity index (χ1v) is 5.27. The van der Waals surface area contributed by atoms with Gasteiger partial charge in [-0.3, -0.25) is 0 Å². The number of rotatable bonds is 3. The molecule has 2 nitrogen and oxygen atoms in total. The predicted octanol–water partition coefficient (Wildman–Crippen LogP) is 4.00. The van der Waals surface area contributed by atoms with Crippen LogP contribution in [0.25, 0.3) is 0 Å². The van der Waals surface area contributed by atoms with Gasteiger partial charge >= 0.3 is 0 Å². The molecule has 0 saturated carbocycles. The van der Waals surface area contributed by atoms with Crippen LogP contribution >= 0.6 is 0 Å². The predicted molar refractivity (Wildman–Crippen MR) is 62.6 cm³/mol. The van der Waals surface area contributed by atoms with Gasteiger partial charge in [-0.25, -0.2) is 17.6 Å². The van der Waals surface area contributed by atoms with Gasteiger partial charge in [0.05, 0.1) is 12.8 Å². The number of benzene rings is 2. The van der Waals surface area contributed by atoms with Crippen LogP contribution in [0.15, 0.2) is 30.3 Å². The molecule has 2 aromatic rings. The van der Waals surface area contributed by atoms with Crippen molar-refractivity contribution in [2.75, 3.05) is 12.4 Å². The second-order valence-corrected chi connectivity index (χ2v) is 3.70. The van der Waals surface area contributed by atoms with Crippen LogP contribution in [-0.2, 0) is 0 Å². The lowest BCUT2D eigenvalue weighted by Gasteiger charge is -2.09. The fourth-order valence-corrected chi connectivity index (χ4v) is 1.52. The number of nitrogens with one attached hydrogen (secondary N) is 1. The zero-order chi connectivity index (χ0) is 14.0. The third-order valence-corrected chi connectivity index (χ3v) is 2.47. The number of methoxy groups -OCH3 is 1. The molecule has 0 saturated heterocycles. The van der Waals surface area contributed by atoms with Gasteiger partial charge in [-0.2, -0.15) is 0 Å². The van der Waals surface area contributed by atoms with Gasteiger partial charge in [0.2, 0.25) is 0 Å². The molecule has 1 N–H and O–H groups in total. The van der Waals surface area contributed by atoms with E-state index in [2.05, 4.69) is 5.32 Å². The molecule has 0 aliphatic heterocycles. The summed E-state index contributed by atoms with van der Waals surface area (Å²) in [5.41, 5.74) is -0.105. The lowest BCUT2D eigenvalue weighted by molar-refractivity contribution is 0.386. The van der Waals surface area contributed by atoms with Crippen molar-refractivity contribution in [3.05, 3.63) is 53.6 Å². The van der Waals surface area contributed by atoms with Gasteiger partial charge in [0.1, 0.15) is 0 Å². The summed E-state index contributed by atoms with van der Waals surface area (Å²) in [7, 11) is 1.31. The van der Waals surface area contributed by atoms with Crippen LogP contribution in [0.4, 0.5) is 28.9 Å². The van der Waals surface area contributed by atoms with Gasteiger partial charge in [-0.15, -0.1) is 0 Å². The number of hydrogen-bond acceptors (Lipinski definition) is 2. The maximum Gasteiger partial charge on any atom is 0.196 e. The van der Waals surface area contributed by atoms with Crippen LogP contribution in [0.2, 0.25) is 0 Å². The summed E-state index contributed by atoms with van der Waals surface area (Å²) in [5.74, 6) is -4.87. The lowest BCUT2D eigenvalue weighted by atomic mass is 10.2. The second-order valence-electron chi connectivity index (χ2n) is 3.70. The van der Waals surface area contributed by atoms with Crippen molar-refractivity contribution in [2.24, 2.45) is 0 Å². The highest BCUT2D eigenvalue weighted by Crippen LogP contribution is 2.26. The molecule has 0 amide bonds. The fraction of sp³-hybridized carbons (Fsp3) is 0.0769. The minimum absolute atomic E-state index is 0.0244. The summed E-state index contributed by atoms with van der Waals surface area (Å²) in [4.78, 5) is 0. The highest BCUT2D eigenvalue weighted by atomic mass is 19.2. The van der Waals surface area contributed by atoms with Crippen molar-refractivity contribution in [1.29, 1.82) is 0 Å². The van der Waals surface area contributed by atoms with E-state index >= 15 is 0 Å². The molecule has 0 radical (unpaired) electrons. The van der Waals surface area contributed by atoms with Crippen LogP contribution in [0, 0.1) is 23.3 Å². The van der Waals surface area contributed by atoms with Crippen molar-refractivity contribution in [1.82, 2.24) is 0 Å². The molecule has 6 heteroatoms. The summed E-state index contributed by atoms with van der Waals surface area (Å²) in [6.07, 6.45) is 0. The minimum Gasteiger partial charge on any atom is -0.494 e. The topological polar surface area (TPSA) is 21.3 Å². The Labute approximate surface area is 106 Å². The molecule has 0 aliphatic carbocycles.